The van der Waals surface area contributed by atoms with Gasteiger partial charge in [-0.25, -0.2) is 4.98 Å². The lowest BCUT2D eigenvalue weighted by atomic mass is 9.91. The number of ether oxygens (including phenoxy) is 1. The molecule has 1 amide bonds. The molecule has 2 N–H and O–H groups in total. The van der Waals surface area contributed by atoms with Crippen molar-refractivity contribution in [3.63, 3.8) is 0 Å². The molecule has 0 bridgehead atoms. The third kappa shape index (κ3) is 8.08. The number of hydrogen-bond donors (Lipinski definition) is 2. The van der Waals surface area contributed by atoms with Crippen LogP contribution in [0.25, 0.3) is 10.9 Å². The molecule has 44 heavy (non-hydrogen) atoms. The Labute approximate surface area is 264 Å². The van der Waals surface area contributed by atoms with Gasteiger partial charge < -0.3 is 20.3 Å². The molecular formula is C35H41N5O3S. The van der Waals surface area contributed by atoms with Crippen molar-refractivity contribution in [2.75, 3.05) is 30.9 Å². The Bertz CT molecular complexity index is 1570. The zero-order valence-corrected chi connectivity index (χ0v) is 26.7. The molecule has 0 aliphatic heterocycles. The van der Waals surface area contributed by atoms with Crippen molar-refractivity contribution < 1.29 is 14.3 Å². The molecule has 0 spiro atoms. The molecule has 1 aliphatic carbocycles. The van der Waals surface area contributed by atoms with E-state index in [1.165, 1.54) is 11.8 Å². The number of nitrogens with one attached hydrogen (secondary N) is 2. The average molecular weight is 612 g/mol. The summed E-state index contributed by atoms with van der Waals surface area (Å²) in [5.74, 6) is 2.08. The number of benzene rings is 3. The van der Waals surface area contributed by atoms with E-state index in [1.807, 2.05) is 81.4 Å². The summed E-state index contributed by atoms with van der Waals surface area (Å²) in [4.78, 5) is 39.4. The Kier molecular flexibility index (Phi) is 10.4. The predicted molar refractivity (Wildman–Crippen MR) is 179 cm³/mol. The maximum Gasteiger partial charge on any atom is 0.234 e. The minimum absolute atomic E-state index is 0.0529. The first-order valence-electron chi connectivity index (χ1n) is 15.3. The van der Waals surface area contributed by atoms with Crippen molar-refractivity contribution in [2.45, 2.75) is 68.2 Å². The number of rotatable bonds is 12. The lowest BCUT2D eigenvalue weighted by molar-refractivity contribution is -0.121. The fourth-order valence-electron chi connectivity index (χ4n) is 5.48. The van der Waals surface area contributed by atoms with Crippen molar-refractivity contribution >= 4 is 46.1 Å². The van der Waals surface area contributed by atoms with E-state index in [0.717, 1.165) is 58.6 Å². The number of para-hydroxylation sites is 1. The minimum Gasteiger partial charge on any atom is -0.494 e. The standard InChI is InChI=1S/C35H41N5O3S/c1-5-43-27-18-12-24(13-19-27)31(41)22-32(44-28-20-10-23(2)11-21-28)34(42)36-25-14-16-26(17-15-25)37-35-38-30-9-7-6-8-29(30)33(39-35)40(3)4/h6-13,18-21,25-26,32H,5,14-17,22H2,1-4H3,(H,36,42)(H,37,38,39). The molecule has 0 saturated heterocycles. The van der Waals surface area contributed by atoms with Gasteiger partial charge in [0, 0.05) is 48.4 Å². The van der Waals surface area contributed by atoms with Gasteiger partial charge in [0.25, 0.3) is 0 Å². The van der Waals surface area contributed by atoms with Crippen molar-refractivity contribution in [3.8, 4) is 5.75 Å². The lowest BCUT2D eigenvalue weighted by Crippen LogP contribution is -2.44. The van der Waals surface area contributed by atoms with Gasteiger partial charge in [-0.3, -0.25) is 9.59 Å². The molecule has 5 rings (SSSR count). The van der Waals surface area contributed by atoms with Crippen LogP contribution in [0.2, 0.25) is 0 Å². The van der Waals surface area contributed by atoms with Gasteiger partial charge in [0.15, 0.2) is 5.78 Å². The first kappa shape index (κ1) is 31.3. The van der Waals surface area contributed by atoms with E-state index in [2.05, 4.69) is 10.6 Å². The van der Waals surface area contributed by atoms with Crippen LogP contribution in [-0.2, 0) is 4.79 Å². The monoisotopic (exact) mass is 611 g/mol. The van der Waals surface area contributed by atoms with Crippen LogP contribution in [0.4, 0.5) is 11.8 Å². The van der Waals surface area contributed by atoms with Gasteiger partial charge in [0.05, 0.1) is 17.4 Å². The van der Waals surface area contributed by atoms with Gasteiger partial charge in [0.1, 0.15) is 11.6 Å². The molecule has 230 valence electrons. The lowest BCUT2D eigenvalue weighted by Gasteiger charge is -2.31. The summed E-state index contributed by atoms with van der Waals surface area (Å²) in [6.07, 6.45) is 3.57. The summed E-state index contributed by atoms with van der Waals surface area (Å²) >= 11 is 1.44. The Balaban J connectivity index is 1.21. The van der Waals surface area contributed by atoms with Crippen LogP contribution in [0, 0.1) is 6.92 Å². The second-order valence-corrected chi connectivity index (χ2v) is 12.8. The number of aromatic nitrogens is 2. The Morgan fingerprint density at radius 1 is 0.932 bits per heavy atom. The fraction of sp³-hybridized carbons (Fsp3) is 0.371. The number of anilines is 2. The summed E-state index contributed by atoms with van der Waals surface area (Å²) in [6, 6.07) is 23.5. The van der Waals surface area contributed by atoms with Crippen molar-refractivity contribution in [1.82, 2.24) is 15.3 Å². The first-order chi connectivity index (χ1) is 21.3. The number of fused-ring (bicyclic) bond motifs is 1. The Morgan fingerprint density at radius 2 is 1.61 bits per heavy atom. The van der Waals surface area contributed by atoms with Crippen LogP contribution in [0.1, 0.15) is 54.9 Å². The predicted octanol–water partition coefficient (Wildman–Crippen LogP) is 6.68. The van der Waals surface area contributed by atoms with Crippen LogP contribution < -0.4 is 20.3 Å². The molecule has 1 aromatic heterocycles. The van der Waals surface area contributed by atoms with Crippen molar-refractivity contribution in [3.05, 3.63) is 83.9 Å². The summed E-state index contributed by atoms with van der Waals surface area (Å²) in [5.41, 5.74) is 2.64. The van der Waals surface area contributed by atoms with E-state index in [-0.39, 0.29) is 30.2 Å². The zero-order chi connectivity index (χ0) is 31.1. The second kappa shape index (κ2) is 14.6. The van der Waals surface area contributed by atoms with Crippen LogP contribution >= 0.6 is 11.8 Å². The summed E-state index contributed by atoms with van der Waals surface area (Å²) in [6.45, 7) is 4.52. The number of thioether (sulfide) groups is 1. The highest BCUT2D eigenvalue weighted by Crippen LogP contribution is 2.30. The molecule has 4 aromatic rings. The van der Waals surface area contributed by atoms with E-state index in [4.69, 9.17) is 14.7 Å². The molecule has 3 aromatic carbocycles. The SMILES string of the molecule is CCOc1ccc(C(=O)CC(Sc2ccc(C)cc2)C(=O)NC2CCC(Nc3nc(N(C)C)c4ccccc4n3)CC2)cc1. The number of carbonyl (C=O) groups excluding carboxylic acids is 2. The molecule has 1 saturated carbocycles. The van der Waals surface area contributed by atoms with Crippen LogP contribution in [0.15, 0.2) is 77.7 Å². The van der Waals surface area contributed by atoms with Gasteiger partial charge >= 0.3 is 0 Å². The minimum atomic E-state index is -0.539. The van der Waals surface area contributed by atoms with Gasteiger partial charge in [-0.05, 0) is 88.1 Å². The number of aryl methyl sites for hydroxylation is 1. The molecule has 1 heterocycles. The maximum absolute atomic E-state index is 13.6. The van der Waals surface area contributed by atoms with E-state index < -0.39 is 5.25 Å². The van der Waals surface area contributed by atoms with Crippen molar-refractivity contribution in [1.29, 1.82) is 0 Å². The fourth-order valence-corrected chi connectivity index (χ4v) is 6.51. The van der Waals surface area contributed by atoms with E-state index >= 15 is 0 Å². The highest BCUT2D eigenvalue weighted by Gasteiger charge is 2.29. The first-order valence-corrected chi connectivity index (χ1v) is 16.2. The van der Waals surface area contributed by atoms with E-state index in [0.29, 0.717) is 18.1 Å². The number of ketones is 1. The van der Waals surface area contributed by atoms with Gasteiger partial charge in [-0.15, -0.1) is 11.8 Å². The quantitative estimate of drug-likeness (QED) is 0.135. The second-order valence-electron chi connectivity index (χ2n) is 11.5. The topological polar surface area (TPSA) is 96.5 Å². The smallest absolute Gasteiger partial charge is 0.234 e. The number of nitrogens with zero attached hydrogens (tertiary/aromatic N) is 3. The molecule has 8 nitrogen and oxygen atoms in total. The molecule has 1 unspecified atom stereocenters. The summed E-state index contributed by atoms with van der Waals surface area (Å²) in [5, 5.41) is 7.29. The Hall–Kier alpha value is -4.11. The average Bonchev–Trinajstić information content (AvgIpc) is 3.02. The molecular weight excluding hydrogens is 570 g/mol. The number of Topliss-reactive ketones (excluding diaryl/α,β-unsaturated/α-hetero) is 1. The summed E-state index contributed by atoms with van der Waals surface area (Å²) < 4.78 is 5.51. The van der Waals surface area contributed by atoms with Crippen LogP contribution in [0.3, 0.4) is 0 Å². The number of hydrogen-bond acceptors (Lipinski definition) is 8. The Morgan fingerprint density at radius 3 is 2.30 bits per heavy atom. The largest absolute Gasteiger partial charge is 0.494 e. The van der Waals surface area contributed by atoms with E-state index in [9.17, 15) is 9.59 Å². The maximum atomic E-state index is 13.6. The number of carbonyl (C=O) groups is 2. The third-order valence-electron chi connectivity index (χ3n) is 7.86. The summed E-state index contributed by atoms with van der Waals surface area (Å²) in [7, 11) is 3.98. The zero-order valence-electron chi connectivity index (χ0n) is 25.9. The van der Waals surface area contributed by atoms with Gasteiger partial charge in [-0.1, -0.05) is 29.8 Å². The molecule has 1 fully saturated rings. The van der Waals surface area contributed by atoms with Gasteiger partial charge in [0.2, 0.25) is 11.9 Å². The van der Waals surface area contributed by atoms with Crippen LogP contribution in [0.5, 0.6) is 5.75 Å². The van der Waals surface area contributed by atoms with Gasteiger partial charge in [-0.2, -0.15) is 4.98 Å². The number of amides is 1. The van der Waals surface area contributed by atoms with Crippen molar-refractivity contribution in [2.24, 2.45) is 0 Å². The highest BCUT2D eigenvalue weighted by molar-refractivity contribution is 8.00. The van der Waals surface area contributed by atoms with Crippen LogP contribution in [-0.4, -0.2) is 59.7 Å². The molecule has 0 radical (unpaired) electrons. The molecule has 1 atom stereocenters. The van der Waals surface area contributed by atoms with E-state index in [1.54, 1.807) is 24.3 Å². The third-order valence-corrected chi connectivity index (χ3v) is 9.07. The molecule has 9 heteroatoms. The normalized spacial score (nSPS) is 17.1. The highest BCUT2D eigenvalue weighted by atomic mass is 32.2. The molecule has 1 aliphatic rings.